The SMILES string of the molecule is COc1ccc(CN(C)C(=O)C(C)N(C)Cc2ccccc2)cc1F. The lowest BCUT2D eigenvalue weighted by Crippen LogP contribution is -2.43. The highest BCUT2D eigenvalue weighted by Crippen LogP contribution is 2.19. The first-order valence-corrected chi connectivity index (χ1v) is 8.24. The highest BCUT2D eigenvalue weighted by atomic mass is 19.1. The second-order valence-corrected chi connectivity index (χ2v) is 6.24. The lowest BCUT2D eigenvalue weighted by atomic mass is 10.1. The van der Waals surface area contributed by atoms with Crippen LogP contribution < -0.4 is 4.74 Å². The highest BCUT2D eigenvalue weighted by molar-refractivity contribution is 5.81. The Kier molecular flexibility index (Phi) is 6.53. The summed E-state index contributed by atoms with van der Waals surface area (Å²) in [5.41, 5.74) is 1.89. The van der Waals surface area contributed by atoms with Gasteiger partial charge >= 0.3 is 0 Å². The Labute approximate surface area is 148 Å². The molecule has 0 heterocycles. The molecule has 0 fully saturated rings. The molecule has 5 heteroatoms. The quantitative estimate of drug-likeness (QED) is 0.772. The molecule has 134 valence electrons. The summed E-state index contributed by atoms with van der Waals surface area (Å²) in [4.78, 5) is 16.3. The minimum Gasteiger partial charge on any atom is -0.494 e. The summed E-state index contributed by atoms with van der Waals surface area (Å²) in [5.74, 6) is -0.224. The molecule has 1 amide bonds. The van der Waals surface area contributed by atoms with E-state index in [1.54, 1.807) is 24.1 Å². The van der Waals surface area contributed by atoms with Gasteiger partial charge in [0.15, 0.2) is 11.6 Å². The van der Waals surface area contributed by atoms with Crippen molar-refractivity contribution in [3.8, 4) is 5.75 Å². The molecule has 0 spiro atoms. The van der Waals surface area contributed by atoms with Crippen LogP contribution in [0.5, 0.6) is 5.75 Å². The third-order valence-corrected chi connectivity index (χ3v) is 4.31. The normalized spacial score (nSPS) is 12.1. The number of methoxy groups -OCH3 is 1. The fourth-order valence-corrected chi connectivity index (χ4v) is 2.68. The third kappa shape index (κ3) is 5.03. The molecular formula is C20H25FN2O2. The van der Waals surface area contributed by atoms with Crippen molar-refractivity contribution in [3.63, 3.8) is 0 Å². The molecule has 1 atom stereocenters. The van der Waals surface area contributed by atoms with E-state index in [-0.39, 0.29) is 17.7 Å². The summed E-state index contributed by atoms with van der Waals surface area (Å²) in [7, 11) is 5.09. The van der Waals surface area contributed by atoms with Gasteiger partial charge in [0.05, 0.1) is 13.2 Å². The van der Waals surface area contributed by atoms with Crippen LogP contribution in [0.4, 0.5) is 4.39 Å². The first-order chi connectivity index (χ1) is 11.9. The van der Waals surface area contributed by atoms with E-state index < -0.39 is 5.82 Å². The number of benzene rings is 2. The average molecular weight is 344 g/mol. The third-order valence-electron chi connectivity index (χ3n) is 4.31. The molecule has 0 N–H and O–H groups in total. The maximum atomic E-state index is 13.8. The number of amides is 1. The number of hydrogen-bond donors (Lipinski definition) is 0. The van der Waals surface area contributed by atoms with Gasteiger partial charge in [0.1, 0.15) is 0 Å². The number of rotatable bonds is 7. The fraction of sp³-hybridized carbons (Fsp3) is 0.350. The Balaban J connectivity index is 1.97. The van der Waals surface area contributed by atoms with Crippen LogP contribution in [-0.2, 0) is 17.9 Å². The summed E-state index contributed by atoms with van der Waals surface area (Å²) < 4.78 is 18.7. The molecule has 2 rings (SSSR count). The predicted molar refractivity (Wildman–Crippen MR) is 96.8 cm³/mol. The van der Waals surface area contributed by atoms with E-state index in [1.165, 1.54) is 13.2 Å². The van der Waals surface area contributed by atoms with Crippen molar-refractivity contribution in [2.45, 2.75) is 26.1 Å². The molecule has 0 saturated carbocycles. The van der Waals surface area contributed by atoms with Crippen molar-refractivity contribution in [2.24, 2.45) is 0 Å². The Hall–Kier alpha value is -2.40. The molecular weight excluding hydrogens is 319 g/mol. The topological polar surface area (TPSA) is 32.8 Å². The number of hydrogen-bond acceptors (Lipinski definition) is 3. The van der Waals surface area contributed by atoms with Gasteiger partial charge in [-0.15, -0.1) is 0 Å². The molecule has 0 bridgehead atoms. The van der Waals surface area contributed by atoms with Gasteiger partial charge < -0.3 is 9.64 Å². The first-order valence-electron chi connectivity index (χ1n) is 8.24. The van der Waals surface area contributed by atoms with Crippen molar-refractivity contribution in [2.75, 3.05) is 21.2 Å². The van der Waals surface area contributed by atoms with Gasteiger partial charge in [0.2, 0.25) is 5.91 Å². The lowest BCUT2D eigenvalue weighted by Gasteiger charge is -2.28. The largest absolute Gasteiger partial charge is 0.494 e. The van der Waals surface area contributed by atoms with Crippen molar-refractivity contribution in [3.05, 3.63) is 65.5 Å². The van der Waals surface area contributed by atoms with Gasteiger partial charge in [-0.1, -0.05) is 36.4 Å². The van der Waals surface area contributed by atoms with Gasteiger partial charge in [-0.05, 0) is 37.2 Å². The Morgan fingerprint density at radius 2 is 1.76 bits per heavy atom. The number of likely N-dealkylation sites (N-methyl/N-ethyl adjacent to an activating group) is 2. The minimum atomic E-state index is -0.421. The summed E-state index contributed by atoms with van der Waals surface area (Å²) in [6, 6.07) is 14.5. The van der Waals surface area contributed by atoms with Crippen LogP contribution in [0.1, 0.15) is 18.1 Å². The van der Waals surface area contributed by atoms with Crippen molar-refractivity contribution in [1.29, 1.82) is 0 Å². The number of carbonyl (C=O) groups excluding carboxylic acids is 1. The Morgan fingerprint density at radius 1 is 1.08 bits per heavy atom. The van der Waals surface area contributed by atoms with Crippen molar-refractivity contribution >= 4 is 5.91 Å². The molecule has 1 unspecified atom stereocenters. The van der Waals surface area contributed by atoms with E-state index in [4.69, 9.17) is 4.74 Å². The predicted octanol–water partition coefficient (Wildman–Crippen LogP) is 3.31. The standard InChI is InChI=1S/C20H25FN2O2/c1-15(22(2)13-16-8-6-5-7-9-16)20(24)23(3)14-17-10-11-19(25-4)18(21)12-17/h5-12,15H,13-14H2,1-4H3. The zero-order chi connectivity index (χ0) is 18.4. The van der Waals surface area contributed by atoms with E-state index in [2.05, 4.69) is 0 Å². The highest BCUT2D eigenvalue weighted by Gasteiger charge is 2.22. The molecule has 25 heavy (non-hydrogen) atoms. The van der Waals surface area contributed by atoms with Gasteiger partial charge in [-0.25, -0.2) is 4.39 Å². The minimum absolute atomic E-state index is 0.00495. The van der Waals surface area contributed by atoms with Gasteiger partial charge in [0.25, 0.3) is 0 Å². The Bertz CT molecular complexity index is 706. The zero-order valence-electron chi connectivity index (χ0n) is 15.2. The van der Waals surface area contributed by atoms with Gasteiger partial charge in [-0.2, -0.15) is 0 Å². The van der Waals surface area contributed by atoms with Crippen LogP contribution in [0.3, 0.4) is 0 Å². The van der Waals surface area contributed by atoms with Crippen LogP contribution in [0.2, 0.25) is 0 Å². The average Bonchev–Trinajstić information content (AvgIpc) is 2.61. The Morgan fingerprint density at radius 3 is 2.36 bits per heavy atom. The van der Waals surface area contributed by atoms with Crippen LogP contribution in [0, 0.1) is 5.82 Å². The maximum absolute atomic E-state index is 13.8. The smallest absolute Gasteiger partial charge is 0.239 e. The number of nitrogens with zero attached hydrogens (tertiary/aromatic N) is 2. The molecule has 0 aliphatic carbocycles. The fourth-order valence-electron chi connectivity index (χ4n) is 2.68. The second-order valence-electron chi connectivity index (χ2n) is 6.24. The van der Waals surface area contributed by atoms with Crippen LogP contribution >= 0.6 is 0 Å². The molecule has 4 nitrogen and oxygen atoms in total. The molecule has 0 aliphatic rings. The van der Waals surface area contributed by atoms with Gasteiger partial charge in [-0.3, -0.25) is 9.69 Å². The van der Waals surface area contributed by atoms with E-state index in [1.807, 2.05) is 49.2 Å². The van der Waals surface area contributed by atoms with Gasteiger partial charge in [0, 0.05) is 20.1 Å². The number of ether oxygens (including phenoxy) is 1. The van der Waals surface area contributed by atoms with E-state index in [0.717, 1.165) is 11.1 Å². The molecule has 2 aromatic carbocycles. The number of carbonyl (C=O) groups is 1. The summed E-state index contributed by atoms with van der Waals surface area (Å²) in [5, 5.41) is 0. The van der Waals surface area contributed by atoms with Crippen LogP contribution in [0.15, 0.2) is 48.5 Å². The van der Waals surface area contributed by atoms with E-state index >= 15 is 0 Å². The number of halogens is 1. The first kappa shape index (κ1) is 18.9. The second kappa shape index (κ2) is 8.62. The zero-order valence-corrected chi connectivity index (χ0v) is 15.2. The van der Waals surface area contributed by atoms with Crippen LogP contribution in [0.25, 0.3) is 0 Å². The van der Waals surface area contributed by atoms with E-state index in [9.17, 15) is 9.18 Å². The van der Waals surface area contributed by atoms with Crippen LogP contribution in [-0.4, -0.2) is 43.0 Å². The maximum Gasteiger partial charge on any atom is 0.239 e. The van der Waals surface area contributed by atoms with Crippen molar-refractivity contribution < 1.29 is 13.9 Å². The molecule has 0 radical (unpaired) electrons. The summed E-state index contributed by atoms with van der Waals surface area (Å²) in [6.07, 6.45) is 0. The van der Waals surface area contributed by atoms with Crippen molar-refractivity contribution in [1.82, 2.24) is 9.80 Å². The van der Waals surface area contributed by atoms with E-state index in [0.29, 0.717) is 13.1 Å². The molecule has 0 saturated heterocycles. The summed E-state index contributed by atoms with van der Waals surface area (Å²) >= 11 is 0. The summed E-state index contributed by atoms with van der Waals surface area (Å²) in [6.45, 7) is 2.93. The lowest BCUT2D eigenvalue weighted by molar-refractivity contribution is -0.135. The monoisotopic (exact) mass is 344 g/mol. The molecule has 0 aliphatic heterocycles. The molecule has 2 aromatic rings. The molecule has 0 aromatic heterocycles.